The zero-order valence-electron chi connectivity index (χ0n) is 13.1. The summed E-state index contributed by atoms with van der Waals surface area (Å²) in [7, 11) is 0. The van der Waals surface area contributed by atoms with E-state index in [9.17, 15) is 0 Å². The van der Waals surface area contributed by atoms with Crippen LogP contribution in [-0.2, 0) is 6.54 Å². The molecule has 118 valence electrons. The number of nitrogens with two attached hydrogens (primary N) is 1. The maximum atomic E-state index is 6.14. The number of nitrogens with zero attached hydrogens (tertiary/aromatic N) is 2. The van der Waals surface area contributed by atoms with Gasteiger partial charge in [0.15, 0.2) is 5.13 Å². The van der Waals surface area contributed by atoms with E-state index in [1.165, 1.54) is 24.1 Å². The number of halogens is 1. The van der Waals surface area contributed by atoms with Gasteiger partial charge in [0.1, 0.15) is 0 Å². The van der Waals surface area contributed by atoms with Gasteiger partial charge in [0.2, 0.25) is 0 Å². The number of anilines is 1. The monoisotopic (exact) mass is 335 g/mol. The predicted molar refractivity (Wildman–Crippen MR) is 95.4 cm³/mol. The summed E-state index contributed by atoms with van der Waals surface area (Å²) in [5, 5.41) is 1.43. The summed E-state index contributed by atoms with van der Waals surface area (Å²) in [4.78, 5) is 8.37. The van der Waals surface area contributed by atoms with Crippen LogP contribution in [-0.4, -0.2) is 22.5 Å². The zero-order chi connectivity index (χ0) is 15.7. The highest BCUT2D eigenvalue weighted by Gasteiger charge is 2.21. The van der Waals surface area contributed by atoms with E-state index >= 15 is 0 Å². The minimum Gasteiger partial charge on any atom is -0.375 e. The Labute approximate surface area is 141 Å². The van der Waals surface area contributed by atoms with Gasteiger partial charge in [-0.3, -0.25) is 4.90 Å². The first-order valence-electron chi connectivity index (χ1n) is 7.80. The third-order valence-corrected chi connectivity index (χ3v) is 5.73. The summed E-state index contributed by atoms with van der Waals surface area (Å²) < 4.78 is 0. The summed E-state index contributed by atoms with van der Waals surface area (Å²) in [6, 6.07) is 6.71. The van der Waals surface area contributed by atoms with E-state index < -0.39 is 0 Å². The number of nitrogen functional groups attached to an aromatic ring is 1. The molecule has 3 rings (SSSR count). The Hall–Kier alpha value is -1.10. The fraction of sp³-hybridized carbons (Fsp3) is 0.471. The molecular weight excluding hydrogens is 314 g/mol. The number of likely N-dealkylation sites (tertiary alicyclic amines) is 1. The largest absolute Gasteiger partial charge is 0.375 e. The van der Waals surface area contributed by atoms with Gasteiger partial charge in [0, 0.05) is 28.0 Å². The molecule has 5 heteroatoms. The standard InChI is InChI=1S/C17H22ClN3S/c1-11-9-13(6-7-14(11)18)16-15(22-17(19)20-16)10-21-8-4-3-5-12(21)2/h6-7,9,12H,3-5,8,10H2,1-2H3,(H2,19,20)/t12-/m1/s1. The van der Waals surface area contributed by atoms with Crippen LogP contribution in [0.15, 0.2) is 18.2 Å². The summed E-state index contributed by atoms with van der Waals surface area (Å²) in [6.07, 6.45) is 3.91. The fourth-order valence-electron chi connectivity index (χ4n) is 3.07. The smallest absolute Gasteiger partial charge is 0.180 e. The lowest BCUT2D eigenvalue weighted by atomic mass is 10.0. The van der Waals surface area contributed by atoms with Crippen molar-refractivity contribution in [3.05, 3.63) is 33.7 Å². The van der Waals surface area contributed by atoms with E-state index in [4.69, 9.17) is 17.3 Å². The van der Waals surface area contributed by atoms with E-state index in [1.807, 2.05) is 19.1 Å². The second-order valence-corrected chi connectivity index (χ2v) is 7.63. The van der Waals surface area contributed by atoms with Gasteiger partial charge in [-0.25, -0.2) is 4.98 Å². The molecule has 22 heavy (non-hydrogen) atoms. The van der Waals surface area contributed by atoms with Crippen LogP contribution in [0, 0.1) is 6.92 Å². The number of aryl methyl sites for hydroxylation is 1. The van der Waals surface area contributed by atoms with Crippen molar-refractivity contribution in [2.45, 2.75) is 45.7 Å². The van der Waals surface area contributed by atoms with Crippen molar-refractivity contribution in [1.82, 2.24) is 9.88 Å². The van der Waals surface area contributed by atoms with Crippen molar-refractivity contribution in [3.63, 3.8) is 0 Å². The third-order valence-electron chi connectivity index (χ3n) is 4.43. The molecule has 1 fully saturated rings. The van der Waals surface area contributed by atoms with Crippen LogP contribution in [0.25, 0.3) is 11.3 Å². The number of hydrogen-bond donors (Lipinski definition) is 1. The average molecular weight is 336 g/mol. The summed E-state index contributed by atoms with van der Waals surface area (Å²) in [5.41, 5.74) is 9.18. The molecule has 0 spiro atoms. The first kappa shape index (κ1) is 15.8. The Morgan fingerprint density at radius 1 is 1.41 bits per heavy atom. The number of rotatable bonds is 3. The first-order chi connectivity index (χ1) is 10.5. The predicted octanol–water partition coefficient (Wildman–Crippen LogP) is 4.73. The van der Waals surface area contributed by atoms with Crippen molar-refractivity contribution < 1.29 is 0 Å². The Balaban J connectivity index is 1.90. The van der Waals surface area contributed by atoms with E-state index in [-0.39, 0.29) is 0 Å². The lowest BCUT2D eigenvalue weighted by Crippen LogP contribution is -2.36. The third kappa shape index (κ3) is 3.29. The molecule has 0 radical (unpaired) electrons. The lowest BCUT2D eigenvalue weighted by Gasteiger charge is -2.33. The van der Waals surface area contributed by atoms with Crippen LogP contribution < -0.4 is 5.73 Å². The second kappa shape index (κ2) is 6.57. The van der Waals surface area contributed by atoms with Gasteiger partial charge in [0.25, 0.3) is 0 Å². The zero-order valence-corrected chi connectivity index (χ0v) is 14.7. The molecule has 0 unspecified atom stereocenters. The molecule has 1 aliphatic rings. The molecule has 2 heterocycles. The molecule has 1 aromatic heterocycles. The molecule has 1 aromatic carbocycles. The SMILES string of the molecule is Cc1cc(-c2nc(N)sc2CN2CCCC[C@H]2C)ccc1Cl. The molecule has 3 nitrogen and oxygen atoms in total. The molecule has 1 saturated heterocycles. The molecule has 0 aliphatic carbocycles. The van der Waals surface area contributed by atoms with Crippen LogP contribution in [0.3, 0.4) is 0 Å². The van der Waals surface area contributed by atoms with Crippen LogP contribution in [0.4, 0.5) is 5.13 Å². The molecule has 2 aromatic rings. The highest BCUT2D eigenvalue weighted by molar-refractivity contribution is 7.15. The number of thiazole rings is 1. The van der Waals surface area contributed by atoms with E-state index in [1.54, 1.807) is 11.3 Å². The maximum Gasteiger partial charge on any atom is 0.180 e. The molecule has 2 N–H and O–H groups in total. The molecule has 0 saturated carbocycles. The Morgan fingerprint density at radius 3 is 2.95 bits per heavy atom. The van der Waals surface area contributed by atoms with Gasteiger partial charge in [0.05, 0.1) is 5.69 Å². The lowest BCUT2D eigenvalue weighted by molar-refractivity contribution is 0.154. The van der Waals surface area contributed by atoms with Crippen molar-refractivity contribution >= 4 is 28.1 Å². The van der Waals surface area contributed by atoms with E-state index in [2.05, 4.69) is 22.9 Å². The van der Waals surface area contributed by atoms with Crippen LogP contribution in [0.5, 0.6) is 0 Å². The molecule has 0 amide bonds. The average Bonchev–Trinajstić information content (AvgIpc) is 2.85. The number of hydrogen-bond acceptors (Lipinski definition) is 4. The number of benzene rings is 1. The van der Waals surface area contributed by atoms with Crippen molar-refractivity contribution in [3.8, 4) is 11.3 Å². The Morgan fingerprint density at radius 2 is 2.23 bits per heavy atom. The molecule has 1 atom stereocenters. The van der Waals surface area contributed by atoms with Crippen molar-refractivity contribution in [1.29, 1.82) is 0 Å². The van der Waals surface area contributed by atoms with Crippen LogP contribution in [0.2, 0.25) is 5.02 Å². The topological polar surface area (TPSA) is 42.1 Å². The van der Waals surface area contributed by atoms with Gasteiger partial charge in [-0.2, -0.15) is 0 Å². The van der Waals surface area contributed by atoms with Crippen molar-refractivity contribution in [2.24, 2.45) is 0 Å². The minimum absolute atomic E-state index is 0.636. The highest BCUT2D eigenvalue weighted by atomic mass is 35.5. The van der Waals surface area contributed by atoms with Gasteiger partial charge in [-0.05, 0) is 50.9 Å². The van der Waals surface area contributed by atoms with Gasteiger partial charge < -0.3 is 5.73 Å². The fourth-order valence-corrected chi connectivity index (χ4v) is 4.07. The van der Waals surface area contributed by atoms with E-state index in [0.29, 0.717) is 11.2 Å². The van der Waals surface area contributed by atoms with Gasteiger partial charge in [-0.15, -0.1) is 11.3 Å². The Bertz CT molecular complexity index is 668. The van der Waals surface area contributed by atoms with Crippen molar-refractivity contribution in [2.75, 3.05) is 12.3 Å². The normalized spacial score (nSPS) is 19.5. The number of piperidine rings is 1. The van der Waals surface area contributed by atoms with E-state index in [0.717, 1.165) is 34.9 Å². The van der Waals surface area contributed by atoms with Gasteiger partial charge >= 0.3 is 0 Å². The summed E-state index contributed by atoms with van der Waals surface area (Å²) in [6.45, 7) is 6.44. The highest BCUT2D eigenvalue weighted by Crippen LogP contribution is 2.33. The maximum absolute atomic E-state index is 6.14. The Kier molecular flexibility index (Phi) is 4.71. The van der Waals surface area contributed by atoms with Gasteiger partial charge in [-0.1, -0.05) is 24.1 Å². The summed E-state index contributed by atoms with van der Waals surface area (Å²) >= 11 is 7.74. The summed E-state index contributed by atoms with van der Waals surface area (Å²) in [5.74, 6) is 0. The van der Waals surface area contributed by atoms with Crippen LogP contribution in [0.1, 0.15) is 36.6 Å². The molecule has 0 bridgehead atoms. The number of aromatic nitrogens is 1. The molecule has 1 aliphatic heterocycles. The quantitative estimate of drug-likeness (QED) is 0.881. The molecular formula is C17H22ClN3S. The first-order valence-corrected chi connectivity index (χ1v) is 9.00. The van der Waals surface area contributed by atoms with Crippen LogP contribution >= 0.6 is 22.9 Å². The minimum atomic E-state index is 0.636. The second-order valence-electron chi connectivity index (χ2n) is 6.10.